The Morgan fingerprint density at radius 2 is 1.82 bits per heavy atom. The van der Waals surface area contributed by atoms with E-state index in [1.165, 1.54) is 6.92 Å². The molecule has 144 valence electrons. The minimum absolute atomic E-state index is 0.136. The molecule has 0 aromatic heterocycles. The molecule has 1 saturated heterocycles. The average Bonchev–Trinajstić information content (AvgIpc) is 2.98. The number of hydrogen-bond acceptors (Lipinski definition) is 6. The number of hydrogen-bond donors (Lipinski definition) is 2. The van der Waals surface area contributed by atoms with Gasteiger partial charge in [0.05, 0.1) is 10.9 Å². The summed E-state index contributed by atoms with van der Waals surface area (Å²) in [4.78, 5) is 46.5. The number of ether oxygens (including phenoxy) is 1. The number of carbonyl (C=O) groups is 4. The maximum atomic E-state index is 12.1. The highest BCUT2D eigenvalue weighted by molar-refractivity contribution is 8.15. The molecular weight excluding hydrogens is 380 g/mol. The topological polar surface area (TPSA) is 102 Å². The number of thioether (sulfide) groups is 1. The van der Waals surface area contributed by atoms with Gasteiger partial charge in [0.2, 0.25) is 5.91 Å². The number of amides is 3. The van der Waals surface area contributed by atoms with Gasteiger partial charge in [-0.15, -0.1) is 0 Å². The molecule has 2 N–H and O–H groups in total. The summed E-state index contributed by atoms with van der Waals surface area (Å²) >= 11 is 0.983. The van der Waals surface area contributed by atoms with E-state index in [0.717, 1.165) is 17.3 Å². The van der Waals surface area contributed by atoms with Gasteiger partial charge < -0.3 is 10.1 Å². The molecule has 28 heavy (non-hydrogen) atoms. The number of imide groups is 1. The van der Waals surface area contributed by atoms with Crippen molar-refractivity contribution < 1.29 is 23.9 Å². The third-order valence-electron chi connectivity index (χ3n) is 4.06. The van der Waals surface area contributed by atoms with Crippen LogP contribution >= 0.6 is 11.8 Å². The first-order chi connectivity index (χ1) is 13.4. The van der Waals surface area contributed by atoms with Gasteiger partial charge in [-0.05, 0) is 43.2 Å². The molecule has 1 aliphatic rings. The van der Waals surface area contributed by atoms with E-state index in [4.69, 9.17) is 4.74 Å². The van der Waals surface area contributed by atoms with Crippen LogP contribution in [0.25, 0.3) is 0 Å². The summed E-state index contributed by atoms with van der Waals surface area (Å²) < 4.78 is 5.47. The Morgan fingerprint density at radius 3 is 2.46 bits per heavy atom. The van der Waals surface area contributed by atoms with Gasteiger partial charge in [-0.1, -0.05) is 36.0 Å². The molecule has 1 aliphatic heterocycles. The smallest absolute Gasteiger partial charge is 0.286 e. The number of benzene rings is 2. The maximum absolute atomic E-state index is 12.1. The second-order valence-electron chi connectivity index (χ2n) is 6.17. The van der Waals surface area contributed by atoms with Crippen LogP contribution in [0.15, 0.2) is 48.5 Å². The van der Waals surface area contributed by atoms with Crippen molar-refractivity contribution in [2.24, 2.45) is 0 Å². The van der Waals surface area contributed by atoms with Crippen molar-refractivity contribution in [3.05, 3.63) is 59.7 Å². The minimum atomic E-state index is -0.425. The molecule has 2 aromatic carbocycles. The van der Waals surface area contributed by atoms with Crippen molar-refractivity contribution in [1.82, 2.24) is 5.32 Å². The summed E-state index contributed by atoms with van der Waals surface area (Å²) in [6.07, 6.45) is 0.435. The second kappa shape index (κ2) is 8.71. The van der Waals surface area contributed by atoms with Gasteiger partial charge >= 0.3 is 0 Å². The van der Waals surface area contributed by atoms with Crippen LogP contribution in [0.2, 0.25) is 0 Å². The van der Waals surface area contributed by atoms with Crippen LogP contribution in [0.4, 0.5) is 10.5 Å². The second-order valence-corrected chi connectivity index (χ2v) is 7.35. The number of rotatable bonds is 7. The third kappa shape index (κ3) is 4.98. The van der Waals surface area contributed by atoms with Crippen LogP contribution in [0.1, 0.15) is 22.8 Å². The number of Topliss-reactive ketones (excluding diaryl/α,β-unsaturated/α-hetero) is 1. The molecule has 7 nitrogen and oxygen atoms in total. The average molecular weight is 398 g/mol. The van der Waals surface area contributed by atoms with Gasteiger partial charge in [-0.3, -0.25) is 24.5 Å². The first-order valence-electron chi connectivity index (χ1n) is 8.55. The number of carbonyl (C=O) groups excluding carboxylic acids is 4. The lowest BCUT2D eigenvalue weighted by Gasteiger charge is -2.11. The van der Waals surface area contributed by atoms with Crippen LogP contribution in [0.5, 0.6) is 5.75 Å². The molecule has 0 spiro atoms. The standard InChI is InChI=1S/C20H18N2O5S/c1-12(23)15-4-2-3-5-16(15)21-18(24)11-27-14-8-6-13(7-9-14)10-17-19(25)22-20(26)28-17/h2-9,17H,10-11H2,1H3,(H,21,24)(H,22,25,26). The maximum Gasteiger partial charge on any atom is 0.286 e. The molecule has 0 saturated carbocycles. The lowest BCUT2D eigenvalue weighted by atomic mass is 10.1. The molecular formula is C20H18N2O5S. The third-order valence-corrected chi connectivity index (χ3v) is 5.04. The SMILES string of the molecule is CC(=O)c1ccccc1NC(=O)COc1ccc(CC2SC(=O)NC2=O)cc1. The molecule has 1 fully saturated rings. The van der Waals surface area contributed by atoms with E-state index in [2.05, 4.69) is 10.6 Å². The Hall–Kier alpha value is -3.13. The Kier molecular flexibility index (Phi) is 6.10. The number of anilines is 1. The summed E-state index contributed by atoms with van der Waals surface area (Å²) in [5.41, 5.74) is 1.77. The Bertz CT molecular complexity index is 926. The highest BCUT2D eigenvalue weighted by Gasteiger charge is 2.31. The molecule has 0 bridgehead atoms. The van der Waals surface area contributed by atoms with E-state index >= 15 is 0 Å². The van der Waals surface area contributed by atoms with Crippen molar-refractivity contribution in [2.75, 3.05) is 11.9 Å². The fraction of sp³-hybridized carbons (Fsp3) is 0.200. The van der Waals surface area contributed by atoms with Crippen LogP contribution in [0.3, 0.4) is 0 Å². The largest absolute Gasteiger partial charge is 0.484 e. The number of ketones is 1. The van der Waals surface area contributed by atoms with Gasteiger partial charge in [0.25, 0.3) is 11.1 Å². The lowest BCUT2D eigenvalue weighted by molar-refractivity contribution is -0.119. The number of nitrogens with one attached hydrogen (secondary N) is 2. The van der Waals surface area contributed by atoms with E-state index in [1.807, 2.05) is 0 Å². The summed E-state index contributed by atoms with van der Waals surface area (Å²) in [7, 11) is 0. The van der Waals surface area contributed by atoms with E-state index in [1.54, 1.807) is 48.5 Å². The first-order valence-corrected chi connectivity index (χ1v) is 9.43. The van der Waals surface area contributed by atoms with Crippen LogP contribution < -0.4 is 15.4 Å². The Morgan fingerprint density at radius 1 is 1.11 bits per heavy atom. The Labute approximate surface area is 165 Å². The monoisotopic (exact) mass is 398 g/mol. The zero-order chi connectivity index (χ0) is 20.1. The number of para-hydroxylation sites is 1. The van der Waals surface area contributed by atoms with Crippen LogP contribution in [-0.2, 0) is 16.0 Å². The van der Waals surface area contributed by atoms with Crippen molar-refractivity contribution in [3.63, 3.8) is 0 Å². The van der Waals surface area contributed by atoms with E-state index in [-0.39, 0.29) is 29.4 Å². The summed E-state index contributed by atoms with van der Waals surface area (Å²) in [5, 5.41) is 4.17. The predicted octanol–water partition coefficient (Wildman–Crippen LogP) is 2.80. The lowest BCUT2D eigenvalue weighted by Crippen LogP contribution is -2.25. The zero-order valence-electron chi connectivity index (χ0n) is 15.1. The minimum Gasteiger partial charge on any atom is -0.484 e. The fourth-order valence-corrected chi connectivity index (χ4v) is 3.56. The molecule has 1 atom stereocenters. The summed E-state index contributed by atoms with van der Waals surface area (Å²) in [6, 6.07) is 13.7. The molecule has 3 amide bonds. The quantitative estimate of drug-likeness (QED) is 0.696. The molecule has 1 unspecified atom stereocenters. The van der Waals surface area contributed by atoms with Crippen molar-refractivity contribution >= 4 is 40.3 Å². The summed E-state index contributed by atoms with van der Waals surface area (Å²) in [5.74, 6) is -0.297. The molecule has 1 heterocycles. The van der Waals surface area contributed by atoms with Crippen molar-refractivity contribution in [1.29, 1.82) is 0 Å². The van der Waals surface area contributed by atoms with Crippen LogP contribution in [0, 0.1) is 0 Å². The molecule has 0 aliphatic carbocycles. The highest BCUT2D eigenvalue weighted by atomic mass is 32.2. The molecule has 8 heteroatoms. The molecule has 0 radical (unpaired) electrons. The first kappa shape index (κ1) is 19.6. The molecule has 3 rings (SSSR count). The van der Waals surface area contributed by atoms with Gasteiger partial charge in [0.1, 0.15) is 5.75 Å². The van der Waals surface area contributed by atoms with Crippen molar-refractivity contribution in [2.45, 2.75) is 18.6 Å². The molecule has 2 aromatic rings. The van der Waals surface area contributed by atoms with E-state index in [0.29, 0.717) is 23.4 Å². The van der Waals surface area contributed by atoms with Gasteiger partial charge in [0, 0.05) is 5.56 Å². The predicted molar refractivity (Wildman–Crippen MR) is 106 cm³/mol. The highest BCUT2D eigenvalue weighted by Crippen LogP contribution is 2.24. The van der Waals surface area contributed by atoms with E-state index in [9.17, 15) is 19.2 Å². The van der Waals surface area contributed by atoms with E-state index < -0.39 is 5.25 Å². The van der Waals surface area contributed by atoms with Gasteiger partial charge in [0.15, 0.2) is 12.4 Å². The normalized spacial score (nSPS) is 15.8. The summed E-state index contributed by atoms with van der Waals surface area (Å²) in [6.45, 7) is 1.23. The zero-order valence-corrected chi connectivity index (χ0v) is 15.9. The van der Waals surface area contributed by atoms with Gasteiger partial charge in [-0.25, -0.2) is 0 Å². The van der Waals surface area contributed by atoms with Gasteiger partial charge in [-0.2, -0.15) is 0 Å². The Balaban J connectivity index is 1.52. The van der Waals surface area contributed by atoms with Crippen molar-refractivity contribution in [3.8, 4) is 5.75 Å². The van der Waals surface area contributed by atoms with Crippen LogP contribution in [-0.4, -0.2) is 34.7 Å². The fourth-order valence-electron chi connectivity index (χ4n) is 2.70.